The van der Waals surface area contributed by atoms with Crippen LogP contribution in [0.15, 0.2) is 24.3 Å². The second-order valence-corrected chi connectivity index (χ2v) is 6.74. The van der Waals surface area contributed by atoms with Crippen molar-refractivity contribution in [3.8, 4) is 5.75 Å². The molecule has 5 heteroatoms. The Hall–Kier alpha value is -1.14. The zero-order valence-electron chi connectivity index (χ0n) is 14.3. The van der Waals surface area contributed by atoms with E-state index in [2.05, 4.69) is 40.1 Å². The van der Waals surface area contributed by atoms with Crippen molar-refractivity contribution in [3.63, 3.8) is 0 Å². The van der Waals surface area contributed by atoms with Gasteiger partial charge in [0.1, 0.15) is 5.75 Å². The topological polar surface area (TPSA) is 48.6 Å². The highest BCUT2D eigenvalue weighted by molar-refractivity contribution is 5.30. The highest BCUT2D eigenvalue weighted by Crippen LogP contribution is 2.26. The highest BCUT2D eigenvalue weighted by atomic mass is 16.5. The summed E-state index contributed by atoms with van der Waals surface area (Å²) in [4.78, 5) is 2.55. The molecule has 0 spiro atoms. The number of nitrogens with zero attached hydrogens (tertiary/aromatic N) is 1. The van der Waals surface area contributed by atoms with Crippen LogP contribution in [0.1, 0.15) is 24.9 Å². The van der Waals surface area contributed by atoms with E-state index in [1.54, 1.807) is 7.11 Å². The molecule has 23 heavy (non-hydrogen) atoms. The van der Waals surface area contributed by atoms with Crippen molar-refractivity contribution >= 4 is 0 Å². The average Bonchev–Trinajstić information content (AvgIpc) is 3.24. The van der Waals surface area contributed by atoms with Crippen molar-refractivity contribution in [2.24, 2.45) is 11.8 Å². The van der Waals surface area contributed by atoms with Crippen LogP contribution >= 0.6 is 0 Å². The molecule has 2 aliphatic heterocycles. The monoisotopic (exact) mass is 318 g/mol. The first kappa shape index (κ1) is 16.7. The van der Waals surface area contributed by atoms with Gasteiger partial charge < -0.3 is 15.0 Å². The van der Waals surface area contributed by atoms with E-state index in [0.29, 0.717) is 12.0 Å². The molecule has 3 rings (SSSR count). The van der Waals surface area contributed by atoms with Gasteiger partial charge >= 0.3 is 0 Å². The van der Waals surface area contributed by atoms with Crippen LogP contribution in [-0.2, 0) is 0 Å². The van der Waals surface area contributed by atoms with Crippen LogP contribution in [-0.4, -0.2) is 51.3 Å². The van der Waals surface area contributed by atoms with E-state index in [4.69, 9.17) is 4.74 Å². The van der Waals surface area contributed by atoms with Crippen LogP contribution in [0.4, 0.5) is 0 Å². The summed E-state index contributed by atoms with van der Waals surface area (Å²) in [5.41, 5.74) is 8.05. The molecular weight excluding hydrogens is 288 g/mol. The lowest BCUT2D eigenvalue weighted by Gasteiger charge is -2.21. The summed E-state index contributed by atoms with van der Waals surface area (Å²) in [6, 6.07) is 8.76. The van der Waals surface area contributed by atoms with E-state index < -0.39 is 0 Å². The molecule has 0 amide bonds. The molecule has 5 nitrogen and oxygen atoms in total. The zero-order valence-corrected chi connectivity index (χ0v) is 14.3. The van der Waals surface area contributed by atoms with E-state index in [1.807, 2.05) is 12.1 Å². The Bertz CT molecular complexity index is 478. The molecule has 3 N–H and O–H groups in total. The van der Waals surface area contributed by atoms with Gasteiger partial charge in [-0.05, 0) is 49.7 Å². The number of rotatable bonds is 7. The fourth-order valence-electron chi connectivity index (χ4n) is 3.73. The van der Waals surface area contributed by atoms with Crippen molar-refractivity contribution in [3.05, 3.63) is 29.8 Å². The lowest BCUT2D eigenvalue weighted by molar-refractivity contribution is 0.335. The van der Waals surface area contributed by atoms with Gasteiger partial charge in [0.25, 0.3) is 0 Å². The van der Waals surface area contributed by atoms with Gasteiger partial charge in [-0.25, -0.2) is 5.43 Å². The third-order valence-electron chi connectivity index (χ3n) is 5.22. The number of likely N-dealkylation sites (tertiary alicyclic amines) is 1. The van der Waals surface area contributed by atoms with Gasteiger partial charge in [-0.1, -0.05) is 19.1 Å². The highest BCUT2D eigenvalue weighted by Gasteiger charge is 2.28. The minimum atomic E-state index is 0.365. The number of nitrogens with one attached hydrogen (secondary N) is 3. The second kappa shape index (κ2) is 8.11. The third-order valence-corrected chi connectivity index (χ3v) is 5.22. The molecule has 3 unspecified atom stereocenters. The first-order valence-corrected chi connectivity index (χ1v) is 8.85. The van der Waals surface area contributed by atoms with Gasteiger partial charge in [0.2, 0.25) is 0 Å². The van der Waals surface area contributed by atoms with Gasteiger partial charge in [0.05, 0.1) is 13.2 Å². The SMILES string of the molecule is CCN1CCC(CNCC2CNNC2c2ccc(OC)cc2)C1. The van der Waals surface area contributed by atoms with Gasteiger partial charge in [-0.2, -0.15) is 0 Å². The Morgan fingerprint density at radius 2 is 2.09 bits per heavy atom. The smallest absolute Gasteiger partial charge is 0.118 e. The van der Waals surface area contributed by atoms with Crippen LogP contribution in [0.2, 0.25) is 0 Å². The molecule has 0 radical (unpaired) electrons. The first-order chi connectivity index (χ1) is 11.3. The van der Waals surface area contributed by atoms with Crippen LogP contribution in [0.25, 0.3) is 0 Å². The van der Waals surface area contributed by atoms with E-state index in [1.165, 1.54) is 31.6 Å². The van der Waals surface area contributed by atoms with Crippen molar-refractivity contribution < 1.29 is 4.74 Å². The van der Waals surface area contributed by atoms with Crippen LogP contribution in [0.5, 0.6) is 5.75 Å². The van der Waals surface area contributed by atoms with E-state index >= 15 is 0 Å². The minimum absolute atomic E-state index is 0.365. The summed E-state index contributed by atoms with van der Waals surface area (Å²) in [5, 5.41) is 3.70. The maximum absolute atomic E-state index is 5.25. The molecule has 0 aliphatic carbocycles. The van der Waals surface area contributed by atoms with Crippen molar-refractivity contribution in [1.82, 2.24) is 21.1 Å². The molecule has 1 aromatic carbocycles. The van der Waals surface area contributed by atoms with E-state index in [0.717, 1.165) is 31.3 Å². The predicted molar refractivity (Wildman–Crippen MR) is 93.5 cm³/mol. The summed E-state index contributed by atoms with van der Waals surface area (Å²) in [6.45, 7) is 9.17. The fourth-order valence-corrected chi connectivity index (χ4v) is 3.73. The number of methoxy groups -OCH3 is 1. The Morgan fingerprint density at radius 3 is 2.78 bits per heavy atom. The fraction of sp³-hybridized carbons (Fsp3) is 0.667. The molecule has 2 heterocycles. The number of hydrogen-bond acceptors (Lipinski definition) is 5. The number of ether oxygens (including phenoxy) is 1. The molecule has 1 aromatic rings. The largest absolute Gasteiger partial charge is 0.497 e. The molecule has 0 aromatic heterocycles. The summed E-state index contributed by atoms with van der Waals surface area (Å²) in [5.74, 6) is 2.31. The molecule has 0 bridgehead atoms. The summed E-state index contributed by atoms with van der Waals surface area (Å²) in [6.07, 6.45) is 1.34. The van der Waals surface area contributed by atoms with E-state index in [-0.39, 0.29) is 0 Å². The second-order valence-electron chi connectivity index (χ2n) is 6.74. The van der Waals surface area contributed by atoms with Gasteiger partial charge in [-0.15, -0.1) is 0 Å². The number of hydrazine groups is 1. The minimum Gasteiger partial charge on any atom is -0.497 e. The summed E-state index contributed by atoms with van der Waals surface area (Å²) >= 11 is 0. The Labute approximate surface area is 139 Å². The number of benzene rings is 1. The molecule has 2 fully saturated rings. The normalized spacial score (nSPS) is 28.3. The third kappa shape index (κ3) is 4.23. The van der Waals surface area contributed by atoms with Crippen LogP contribution in [0, 0.1) is 11.8 Å². The lowest BCUT2D eigenvalue weighted by Crippen LogP contribution is -2.32. The molecular formula is C18H30N4O. The van der Waals surface area contributed by atoms with E-state index in [9.17, 15) is 0 Å². The van der Waals surface area contributed by atoms with Gasteiger partial charge in [-0.3, -0.25) is 5.43 Å². The van der Waals surface area contributed by atoms with Gasteiger partial charge in [0, 0.05) is 25.6 Å². The summed E-state index contributed by atoms with van der Waals surface area (Å²) < 4.78 is 5.25. The maximum Gasteiger partial charge on any atom is 0.118 e. The van der Waals surface area contributed by atoms with Crippen molar-refractivity contribution in [1.29, 1.82) is 0 Å². The predicted octanol–water partition coefficient (Wildman–Crippen LogP) is 1.39. The maximum atomic E-state index is 5.25. The Morgan fingerprint density at radius 1 is 1.26 bits per heavy atom. The quantitative estimate of drug-likeness (QED) is 0.709. The molecule has 128 valence electrons. The standard InChI is InChI=1S/C18H30N4O/c1-3-22-9-8-14(13-22)10-19-11-16-12-20-21-18(16)15-4-6-17(23-2)7-5-15/h4-7,14,16,18-21H,3,8-13H2,1-2H3. The summed E-state index contributed by atoms with van der Waals surface area (Å²) in [7, 11) is 1.71. The van der Waals surface area contributed by atoms with Crippen molar-refractivity contribution in [2.45, 2.75) is 19.4 Å². The molecule has 0 saturated carbocycles. The number of hydrogen-bond donors (Lipinski definition) is 3. The first-order valence-electron chi connectivity index (χ1n) is 8.85. The molecule has 3 atom stereocenters. The average molecular weight is 318 g/mol. The Balaban J connectivity index is 1.47. The van der Waals surface area contributed by atoms with Gasteiger partial charge in [0.15, 0.2) is 0 Å². The van der Waals surface area contributed by atoms with Crippen LogP contribution in [0.3, 0.4) is 0 Å². The molecule has 2 saturated heterocycles. The Kier molecular flexibility index (Phi) is 5.89. The van der Waals surface area contributed by atoms with Crippen molar-refractivity contribution in [2.75, 3.05) is 46.4 Å². The molecule has 2 aliphatic rings. The van der Waals surface area contributed by atoms with Crippen LogP contribution < -0.4 is 20.9 Å². The lowest BCUT2D eigenvalue weighted by atomic mass is 9.94. The zero-order chi connectivity index (χ0) is 16.1.